The first kappa shape index (κ1) is 22.4. The van der Waals surface area contributed by atoms with Crippen LogP contribution >= 0.6 is 0 Å². The van der Waals surface area contributed by atoms with Crippen LogP contribution in [0.25, 0.3) is 0 Å². The van der Waals surface area contributed by atoms with Crippen LogP contribution in [0.15, 0.2) is 0 Å². The van der Waals surface area contributed by atoms with Crippen molar-refractivity contribution >= 4 is 15.7 Å². The molecule has 5 rings (SSSR count). The molecule has 0 aromatic carbocycles. The average molecular weight is 450 g/mol. The number of sulfone groups is 1. The summed E-state index contributed by atoms with van der Waals surface area (Å²) in [5.41, 5.74) is -6.18. The molecule has 0 radical (unpaired) electrons. The van der Waals surface area contributed by atoms with E-state index in [0.717, 1.165) is 11.8 Å². The molecule has 4 nitrogen and oxygen atoms in total. The Kier molecular flexibility index (Phi) is 5.51. The number of carbonyl (C=O) groups is 1. The second kappa shape index (κ2) is 7.38. The predicted molar refractivity (Wildman–Crippen MR) is 108 cm³/mol. The molecule has 1 N–H and O–H groups in total. The number of alkyl halides is 3. The molecule has 8 heteroatoms. The Morgan fingerprint density at radius 3 is 1.90 bits per heavy atom. The van der Waals surface area contributed by atoms with Crippen molar-refractivity contribution in [1.82, 2.24) is 5.32 Å². The number of hydrogen-bond donors (Lipinski definition) is 1. The molecule has 5 saturated carbocycles. The third-order valence-corrected chi connectivity index (χ3v) is 10.4. The van der Waals surface area contributed by atoms with Crippen molar-refractivity contribution in [2.24, 2.45) is 34.5 Å². The number of halogens is 3. The van der Waals surface area contributed by atoms with E-state index in [0.29, 0.717) is 37.5 Å². The van der Waals surface area contributed by atoms with Crippen molar-refractivity contribution in [1.29, 1.82) is 0 Å². The van der Waals surface area contributed by atoms with Gasteiger partial charge in [-0.1, -0.05) is 13.8 Å². The molecule has 0 atom stereocenters. The number of carbonyl (C=O) groups excluding carboxylic acids is 1. The molecule has 0 spiro atoms. The molecular weight excluding hydrogens is 415 g/mol. The highest BCUT2D eigenvalue weighted by Gasteiger charge is 2.51. The highest BCUT2D eigenvalue weighted by atomic mass is 32.2. The second-order valence-electron chi connectivity index (χ2n) is 11.3. The summed E-state index contributed by atoms with van der Waals surface area (Å²) >= 11 is 0. The quantitative estimate of drug-likeness (QED) is 0.653. The van der Waals surface area contributed by atoms with E-state index < -0.39 is 31.9 Å². The molecule has 4 bridgehead atoms. The van der Waals surface area contributed by atoms with Crippen LogP contribution in [-0.4, -0.2) is 31.6 Å². The molecule has 5 aliphatic carbocycles. The standard InChI is InChI=1S/C22H34F3NO3S/c1-20(7-8-30(28,29)22(23,24)25)3-5-21(2,6-4-20)19(27)26-18-16-10-14-9-15(12-16)13-17(18)11-14/h14-18H,3-13H2,1-2H3,(H,26,27). The van der Waals surface area contributed by atoms with Crippen LogP contribution in [0.4, 0.5) is 13.2 Å². The van der Waals surface area contributed by atoms with Crippen LogP contribution < -0.4 is 5.32 Å². The molecule has 1 amide bonds. The van der Waals surface area contributed by atoms with Gasteiger partial charge in [-0.15, -0.1) is 0 Å². The van der Waals surface area contributed by atoms with E-state index in [9.17, 15) is 26.4 Å². The molecular formula is C22H34F3NO3S. The highest BCUT2D eigenvalue weighted by Crippen LogP contribution is 2.54. The van der Waals surface area contributed by atoms with Gasteiger partial charge in [0.25, 0.3) is 0 Å². The van der Waals surface area contributed by atoms with E-state index in [4.69, 9.17) is 0 Å². The van der Waals surface area contributed by atoms with Gasteiger partial charge in [-0.3, -0.25) is 4.79 Å². The van der Waals surface area contributed by atoms with Crippen LogP contribution in [-0.2, 0) is 14.6 Å². The lowest BCUT2D eigenvalue weighted by Crippen LogP contribution is -2.58. The van der Waals surface area contributed by atoms with Crippen LogP contribution in [0.5, 0.6) is 0 Å². The minimum atomic E-state index is -5.19. The predicted octanol–water partition coefficient (Wildman–Crippen LogP) is 4.84. The molecule has 0 aliphatic heterocycles. The van der Waals surface area contributed by atoms with Gasteiger partial charge >= 0.3 is 5.51 Å². The van der Waals surface area contributed by atoms with Crippen LogP contribution in [0.3, 0.4) is 0 Å². The van der Waals surface area contributed by atoms with Crippen molar-refractivity contribution in [2.45, 2.75) is 89.6 Å². The lowest BCUT2D eigenvalue weighted by molar-refractivity contribution is -0.137. The van der Waals surface area contributed by atoms with Gasteiger partial charge < -0.3 is 5.32 Å². The van der Waals surface area contributed by atoms with E-state index >= 15 is 0 Å². The van der Waals surface area contributed by atoms with Gasteiger partial charge in [0.1, 0.15) is 0 Å². The molecule has 0 heterocycles. The Labute approximate surface area is 177 Å². The van der Waals surface area contributed by atoms with E-state index in [1.54, 1.807) is 0 Å². The Balaban J connectivity index is 1.33. The van der Waals surface area contributed by atoms with E-state index in [1.165, 1.54) is 32.1 Å². The summed E-state index contributed by atoms with van der Waals surface area (Å²) in [6.45, 7) is 3.82. The topological polar surface area (TPSA) is 63.2 Å². The van der Waals surface area contributed by atoms with E-state index in [2.05, 4.69) is 5.32 Å². The fourth-order valence-electron chi connectivity index (χ4n) is 6.87. The summed E-state index contributed by atoms with van der Waals surface area (Å²) in [5.74, 6) is 2.12. The lowest BCUT2D eigenvalue weighted by Gasteiger charge is -2.55. The Hall–Kier alpha value is -0.790. The molecule has 0 saturated heterocycles. The molecule has 30 heavy (non-hydrogen) atoms. The van der Waals surface area contributed by atoms with Gasteiger partial charge in [0, 0.05) is 11.5 Å². The summed E-state index contributed by atoms with van der Waals surface area (Å²) < 4.78 is 60.8. The van der Waals surface area contributed by atoms with E-state index in [-0.39, 0.29) is 18.4 Å². The summed E-state index contributed by atoms with van der Waals surface area (Å²) in [6.07, 6.45) is 8.64. The van der Waals surface area contributed by atoms with Gasteiger partial charge in [0.15, 0.2) is 0 Å². The summed E-state index contributed by atoms with van der Waals surface area (Å²) in [6, 6.07) is 0.285. The molecule has 5 aliphatic rings. The Morgan fingerprint density at radius 2 is 1.43 bits per heavy atom. The lowest BCUT2D eigenvalue weighted by atomic mass is 9.54. The molecule has 0 unspecified atom stereocenters. The SMILES string of the molecule is CC1(CCS(=O)(=O)C(F)(F)F)CCC(C)(C(=O)NC2C3CC4CC(C3)CC2C4)CC1. The third kappa shape index (κ3) is 4.14. The highest BCUT2D eigenvalue weighted by molar-refractivity contribution is 7.92. The zero-order valence-electron chi connectivity index (χ0n) is 17.9. The fraction of sp³-hybridized carbons (Fsp3) is 0.955. The third-order valence-electron chi connectivity index (χ3n) is 8.96. The maximum atomic E-state index is 13.2. The first-order valence-electron chi connectivity index (χ1n) is 11.4. The van der Waals surface area contributed by atoms with Crippen LogP contribution in [0, 0.1) is 34.5 Å². The van der Waals surface area contributed by atoms with E-state index in [1.807, 2.05) is 13.8 Å². The zero-order chi connectivity index (χ0) is 21.9. The normalized spacial score (nSPS) is 43.6. The smallest absolute Gasteiger partial charge is 0.352 e. The molecule has 0 aromatic rings. The largest absolute Gasteiger partial charge is 0.497 e. The van der Waals surface area contributed by atoms with Gasteiger partial charge in [0.05, 0.1) is 5.75 Å². The Bertz CT molecular complexity index is 756. The van der Waals surface area contributed by atoms with Gasteiger partial charge in [-0.05, 0) is 93.3 Å². The van der Waals surface area contributed by atoms with Crippen molar-refractivity contribution in [3.63, 3.8) is 0 Å². The van der Waals surface area contributed by atoms with Gasteiger partial charge in [-0.25, -0.2) is 8.42 Å². The maximum Gasteiger partial charge on any atom is 0.497 e. The van der Waals surface area contributed by atoms with Crippen molar-refractivity contribution in [3.8, 4) is 0 Å². The maximum absolute atomic E-state index is 13.2. The first-order valence-corrected chi connectivity index (χ1v) is 13.1. The molecule has 0 aromatic heterocycles. The number of nitrogens with one attached hydrogen (secondary N) is 1. The van der Waals surface area contributed by atoms with Gasteiger partial charge in [0.2, 0.25) is 15.7 Å². The minimum absolute atomic E-state index is 0.0118. The molecule has 172 valence electrons. The molecule has 5 fully saturated rings. The minimum Gasteiger partial charge on any atom is -0.352 e. The van der Waals surface area contributed by atoms with Crippen LogP contribution in [0.1, 0.15) is 78.1 Å². The Morgan fingerprint density at radius 1 is 0.933 bits per heavy atom. The van der Waals surface area contributed by atoms with Gasteiger partial charge in [-0.2, -0.15) is 13.2 Å². The average Bonchev–Trinajstić information content (AvgIpc) is 2.64. The summed E-state index contributed by atoms with van der Waals surface area (Å²) in [4.78, 5) is 13.2. The number of hydrogen-bond acceptors (Lipinski definition) is 3. The first-order chi connectivity index (χ1) is 13.8. The van der Waals surface area contributed by atoms with Crippen LogP contribution in [0.2, 0.25) is 0 Å². The van der Waals surface area contributed by atoms with Crippen molar-refractivity contribution in [2.75, 3.05) is 5.75 Å². The monoisotopic (exact) mass is 449 g/mol. The zero-order valence-corrected chi connectivity index (χ0v) is 18.7. The number of rotatable bonds is 5. The summed E-state index contributed by atoms with van der Waals surface area (Å²) in [7, 11) is -5.09. The fourth-order valence-corrected chi connectivity index (χ4v) is 7.86. The summed E-state index contributed by atoms with van der Waals surface area (Å²) in [5, 5.41) is 3.39. The number of amides is 1. The van der Waals surface area contributed by atoms with Crippen molar-refractivity contribution < 1.29 is 26.4 Å². The second-order valence-corrected chi connectivity index (χ2v) is 13.4. The van der Waals surface area contributed by atoms with Crippen molar-refractivity contribution in [3.05, 3.63) is 0 Å².